The molecule has 18 heavy (non-hydrogen) atoms. The fraction of sp³-hybridized carbons (Fsp3) is 0.625. The molecule has 0 aliphatic rings. The van der Waals surface area contributed by atoms with E-state index in [9.17, 15) is 0 Å². The van der Waals surface area contributed by atoms with Crippen LogP contribution in [0.1, 0.15) is 27.7 Å². The largest absolute Gasteiger partial charge is 0.302 e. The Bertz CT molecular complexity index is 298. The van der Waals surface area contributed by atoms with Crippen molar-refractivity contribution in [1.82, 2.24) is 4.90 Å². The van der Waals surface area contributed by atoms with Crippen LogP contribution in [0.4, 0.5) is 0 Å². The predicted octanol–water partition coefficient (Wildman–Crippen LogP) is 4.39. The molecule has 102 valence electrons. The topological polar surface area (TPSA) is 3.24 Å². The van der Waals surface area contributed by atoms with E-state index in [0.29, 0.717) is 0 Å². The summed E-state index contributed by atoms with van der Waals surface area (Å²) in [6.45, 7) is 12.8. The summed E-state index contributed by atoms with van der Waals surface area (Å²) in [6.07, 6.45) is 0. The highest BCUT2D eigenvalue weighted by Crippen LogP contribution is 2.17. The maximum atomic E-state index is 2.60. The van der Waals surface area contributed by atoms with Crippen LogP contribution in [0.3, 0.4) is 0 Å². The molecular formula is C16H27NS. The number of benzene rings is 1. The first-order valence-corrected chi connectivity index (χ1v) is 7.96. The Balaban J connectivity index is 2.32. The Labute approximate surface area is 117 Å². The van der Waals surface area contributed by atoms with Crippen LogP contribution in [0.15, 0.2) is 35.2 Å². The molecule has 1 aromatic rings. The van der Waals surface area contributed by atoms with Crippen LogP contribution >= 0.6 is 11.8 Å². The van der Waals surface area contributed by atoms with Gasteiger partial charge in [-0.2, -0.15) is 0 Å². The van der Waals surface area contributed by atoms with Crippen LogP contribution in [0, 0.1) is 11.8 Å². The first kappa shape index (κ1) is 15.6. The van der Waals surface area contributed by atoms with Gasteiger partial charge in [0.1, 0.15) is 0 Å². The smallest absolute Gasteiger partial charge is 0.0108 e. The maximum Gasteiger partial charge on any atom is 0.0108 e. The highest BCUT2D eigenvalue weighted by Gasteiger charge is 2.09. The summed E-state index contributed by atoms with van der Waals surface area (Å²) in [5.41, 5.74) is 0. The van der Waals surface area contributed by atoms with Crippen molar-refractivity contribution in [3.8, 4) is 0 Å². The summed E-state index contributed by atoms with van der Waals surface area (Å²) in [6, 6.07) is 10.7. The lowest BCUT2D eigenvalue weighted by Gasteiger charge is -2.25. The Hall–Kier alpha value is -0.470. The Morgan fingerprint density at radius 3 is 2.00 bits per heavy atom. The van der Waals surface area contributed by atoms with Gasteiger partial charge >= 0.3 is 0 Å². The summed E-state index contributed by atoms with van der Waals surface area (Å²) in [5, 5.41) is 0. The van der Waals surface area contributed by atoms with Crippen LogP contribution in [-0.4, -0.2) is 30.3 Å². The minimum Gasteiger partial charge on any atom is -0.302 e. The van der Waals surface area contributed by atoms with Gasteiger partial charge in [0, 0.05) is 30.3 Å². The molecule has 0 saturated heterocycles. The third-order valence-electron chi connectivity index (χ3n) is 2.67. The zero-order valence-electron chi connectivity index (χ0n) is 12.2. The van der Waals surface area contributed by atoms with Crippen molar-refractivity contribution in [2.45, 2.75) is 32.6 Å². The fourth-order valence-corrected chi connectivity index (χ4v) is 3.03. The second-order valence-corrected chi connectivity index (χ2v) is 6.88. The summed E-state index contributed by atoms with van der Waals surface area (Å²) in [7, 11) is 0. The van der Waals surface area contributed by atoms with Crippen molar-refractivity contribution in [3.63, 3.8) is 0 Å². The summed E-state index contributed by atoms with van der Waals surface area (Å²) in [4.78, 5) is 3.98. The number of hydrogen-bond acceptors (Lipinski definition) is 2. The summed E-state index contributed by atoms with van der Waals surface area (Å²) in [5.74, 6) is 2.69. The molecule has 0 saturated carbocycles. The first-order valence-electron chi connectivity index (χ1n) is 6.98. The van der Waals surface area contributed by atoms with Crippen molar-refractivity contribution in [2.75, 3.05) is 25.4 Å². The predicted molar refractivity (Wildman–Crippen MR) is 83.3 cm³/mol. The van der Waals surface area contributed by atoms with Gasteiger partial charge in [0.25, 0.3) is 0 Å². The fourth-order valence-electron chi connectivity index (χ4n) is 2.10. The molecule has 0 unspecified atom stereocenters. The van der Waals surface area contributed by atoms with Crippen LogP contribution in [-0.2, 0) is 0 Å². The van der Waals surface area contributed by atoms with Gasteiger partial charge in [-0.1, -0.05) is 45.9 Å². The van der Waals surface area contributed by atoms with E-state index in [0.717, 1.165) is 11.8 Å². The molecule has 0 atom stereocenters. The van der Waals surface area contributed by atoms with Gasteiger partial charge in [-0.3, -0.25) is 0 Å². The van der Waals surface area contributed by atoms with Crippen molar-refractivity contribution < 1.29 is 0 Å². The average molecular weight is 265 g/mol. The van der Waals surface area contributed by atoms with E-state index in [1.807, 2.05) is 11.8 Å². The zero-order chi connectivity index (χ0) is 13.4. The molecule has 2 heteroatoms. The third kappa shape index (κ3) is 7.07. The number of hydrogen-bond donors (Lipinski definition) is 0. The molecule has 0 aromatic heterocycles. The van der Waals surface area contributed by atoms with Crippen molar-refractivity contribution in [3.05, 3.63) is 30.3 Å². The molecule has 0 aliphatic carbocycles. The lowest BCUT2D eigenvalue weighted by Crippen LogP contribution is -2.33. The van der Waals surface area contributed by atoms with E-state index in [-0.39, 0.29) is 0 Å². The Kier molecular flexibility index (Phi) is 7.45. The molecule has 1 aromatic carbocycles. The van der Waals surface area contributed by atoms with Crippen molar-refractivity contribution in [2.24, 2.45) is 11.8 Å². The monoisotopic (exact) mass is 265 g/mol. The maximum absolute atomic E-state index is 2.60. The first-order chi connectivity index (χ1) is 8.58. The molecule has 0 spiro atoms. The van der Waals surface area contributed by atoms with Gasteiger partial charge < -0.3 is 4.90 Å². The van der Waals surface area contributed by atoms with Crippen molar-refractivity contribution in [1.29, 1.82) is 0 Å². The van der Waals surface area contributed by atoms with E-state index < -0.39 is 0 Å². The van der Waals surface area contributed by atoms with Crippen LogP contribution < -0.4 is 0 Å². The second kappa shape index (κ2) is 8.60. The van der Waals surface area contributed by atoms with E-state index in [1.54, 1.807) is 0 Å². The molecule has 0 aliphatic heterocycles. The van der Waals surface area contributed by atoms with E-state index in [1.165, 1.54) is 30.3 Å². The zero-order valence-corrected chi connectivity index (χ0v) is 13.0. The van der Waals surface area contributed by atoms with E-state index in [2.05, 4.69) is 62.9 Å². The van der Waals surface area contributed by atoms with E-state index in [4.69, 9.17) is 0 Å². The number of nitrogens with zero attached hydrogens (tertiary/aromatic N) is 1. The van der Waals surface area contributed by atoms with Gasteiger partial charge in [0.05, 0.1) is 0 Å². The van der Waals surface area contributed by atoms with Crippen LogP contribution in [0.25, 0.3) is 0 Å². The average Bonchev–Trinajstić information content (AvgIpc) is 2.28. The molecular weight excluding hydrogens is 238 g/mol. The minimum absolute atomic E-state index is 0.755. The van der Waals surface area contributed by atoms with E-state index >= 15 is 0 Å². The molecule has 0 bridgehead atoms. The lowest BCUT2D eigenvalue weighted by molar-refractivity contribution is 0.232. The molecule has 0 radical (unpaired) electrons. The second-order valence-electron chi connectivity index (χ2n) is 5.71. The van der Waals surface area contributed by atoms with Gasteiger partial charge in [0.15, 0.2) is 0 Å². The van der Waals surface area contributed by atoms with Gasteiger partial charge in [-0.05, 0) is 24.0 Å². The quantitative estimate of drug-likeness (QED) is 0.641. The Morgan fingerprint density at radius 2 is 1.50 bits per heavy atom. The van der Waals surface area contributed by atoms with Gasteiger partial charge in [-0.25, -0.2) is 0 Å². The highest BCUT2D eigenvalue weighted by molar-refractivity contribution is 7.99. The SMILES string of the molecule is CC(C)CN(CCSc1ccccc1)CC(C)C. The summed E-state index contributed by atoms with van der Waals surface area (Å²) < 4.78 is 0. The van der Waals surface area contributed by atoms with Gasteiger partial charge in [0.2, 0.25) is 0 Å². The number of rotatable bonds is 8. The van der Waals surface area contributed by atoms with Crippen LogP contribution in [0.2, 0.25) is 0 Å². The summed E-state index contributed by atoms with van der Waals surface area (Å²) >= 11 is 1.96. The molecule has 1 nitrogen and oxygen atoms in total. The number of thioether (sulfide) groups is 1. The Morgan fingerprint density at radius 1 is 0.944 bits per heavy atom. The highest BCUT2D eigenvalue weighted by atomic mass is 32.2. The molecule has 0 fully saturated rings. The molecule has 1 rings (SSSR count). The third-order valence-corrected chi connectivity index (χ3v) is 3.66. The molecule has 0 amide bonds. The lowest BCUT2D eigenvalue weighted by atomic mass is 10.1. The van der Waals surface area contributed by atoms with Gasteiger partial charge in [-0.15, -0.1) is 11.8 Å². The minimum atomic E-state index is 0.755. The molecule has 0 N–H and O–H groups in total. The standard InChI is InChI=1S/C16H27NS/c1-14(2)12-17(13-15(3)4)10-11-18-16-8-6-5-7-9-16/h5-9,14-15H,10-13H2,1-4H3. The molecule has 0 heterocycles. The normalized spacial score (nSPS) is 11.7. The van der Waals surface area contributed by atoms with Crippen molar-refractivity contribution >= 4 is 11.8 Å². The van der Waals surface area contributed by atoms with Crippen LogP contribution in [0.5, 0.6) is 0 Å².